The van der Waals surface area contributed by atoms with E-state index in [0.29, 0.717) is 13.0 Å². The number of fused-ring (bicyclic) bond motifs is 2. The Balaban J connectivity index is 2.14. The highest BCUT2D eigenvalue weighted by molar-refractivity contribution is 5.69. The fourth-order valence-corrected chi connectivity index (χ4v) is 2.72. The van der Waals surface area contributed by atoms with Crippen LogP contribution in [0.5, 0.6) is 0 Å². The number of carbonyl (C=O) groups excluding carboxylic acids is 1. The number of morpholine rings is 1. The molecule has 0 aromatic carbocycles. The van der Waals surface area contributed by atoms with E-state index in [4.69, 9.17) is 9.47 Å². The topological polar surface area (TPSA) is 38.8 Å². The minimum atomic E-state index is -1.03. The van der Waals surface area contributed by atoms with Crippen LogP contribution < -0.4 is 0 Å². The summed E-state index contributed by atoms with van der Waals surface area (Å²) in [5.74, 6) is -0.0254. The van der Waals surface area contributed by atoms with Crippen LogP contribution in [0.15, 0.2) is 0 Å². The first kappa shape index (κ1) is 13.6. The lowest BCUT2D eigenvalue weighted by Crippen LogP contribution is -2.64. The van der Waals surface area contributed by atoms with Gasteiger partial charge in [0.1, 0.15) is 11.8 Å². The lowest BCUT2D eigenvalue weighted by molar-refractivity contribution is -0.116. The number of amides is 1. The van der Waals surface area contributed by atoms with Gasteiger partial charge in [-0.2, -0.15) is 0 Å². The highest BCUT2D eigenvalue weighted by Crippen LogP contribution is 2.34. The molecule has 4 atom stereocenters. The molecule has 2 heterocycles. The van der Waals surface area contributed by atoms with Gasteiger partial charge in [0.05, 0.1) is 25.3 Å². The molecule has 0 aromatic heterocycles. The lowest BCUT2D eigenvalue weighted by Gasteiger charge is -2.49. The van der Waals surface area contributed by atoms with Crippen molar-refractivity contribution in [1.82, 2.24) is 4.90 Å². The molecule has 4 nitrogen and oxygen atoms in total. The van der Waals surface area contributed by atoms with Crippen LogP contribution in [0.3, 0.4) is 0 Å². The summed E-state index contributed by atoms with van der Waals surface area (Å²) in [5, 5.41) is 0. The van der Waals surface area contributed by atoms with Crippen LogP contribution in [0.1, 0.15) is 34.1 Å². The van der Waals surface area contributed by atoms with Gasteiger partial charge in [-0.1, -0.05) is 6.92 Å². The van der Waals surface area contributed by atoms with Crippen LogP contribution in [0.2, 0.25) is 0 Å². The predicted molar refractivity (Wildman–Crippen MR) is 65.1 cm³/mol. The fourth-order valence-electron chi connectivity index (χ4n) is 2.72. The predicted octanol–water partition coefficient (Wildman–Crippen LogP) is 2.37. The van der Waals surface area contributed by atoms with Crippen LogP contribution in [0.25, 0.3) is 0 Å². The molecule has 1 amide bonds. The summed E-state index contributed by atoms with van der Waals surface area (Å²) in [6.45, 7) is 8.08. The maximum Gasteiger partial charge on any atom is 0.411 e. The lowest BCUT2D eigenvalue weighted by atomic mass is 9.85. The van der Waals surface area contributed by atoms with E-state index in [-0.39, 0.29) is 18.6 Å². The molecule has 2 saturated heterocycles. The van der Waals surface area contributed by atoms with Crippen molar-refractivity contribution in [2.75, 3.05) is 13.2 Å². The highest BCUT2D eigenvalue weighted by atomic mass is 19.1. The molecule has 0 spiro atoms. The summed E-state index contributed by atoms with van der Waals surface area (Å²) in [4.78, 5) is 13.7. The summed E-state index contributed by atoms with van der Waals surface area (Å²) in [6, 6.07) is -0.553. The number of hydrogen-bond donors (Lipinski definition) is 0. The maximum atomic E-state index is 14.2. The average Bonchev–Trinajstić information content (AvgIpc) is 2.23. The summed E-state index contributed by atoms with van der Waals surface area (Å²) < 4.78 is 24.9. The molecule has 0 radical (unpaired) electrons. The third-order valence-electron chi connectivity index (χ3n) is 3.51. The van der Waals surface area contributed by atoms with E-state index in [9.17, 15) is 9.18 Å². The molecule has 0 N–H and O–H groups in total. The zero-order valence-electron chi connectivity index (χ0n) is 11.5. The molecule has 18 heavy (non-hydrogen) atoms. The van der Waals surface area contributed by atoms with Crippen LogP contribution in [-0.4, -0.2) is 48.1 Å². The molecular weight excluding hydrogens is 237 g/mol. The zero-order chi connectivity index (χ0) is 13.5. The Bertz CT molecular complexity index is 329. The van der Waals surface area contributed by atoms with Gasteiger partial charge in [0, 0.05) is 0 Å². The molecule has 2 fully saturated rings. The average molecular weight is 259 g/mol. The number of carbonyl (C=O) groups is 1. The summed E-state index contributed by atoms with van der Waals surface area (Å²) in [7, 11) is 0. The number of rotatable bonds is 0. The van der Waals surface area contributed by atoms with Crippen molar-refractivity contribution in [3.8, 4) is 0 Å². The quantitative estimate of drug-likeness (QED) is 0.670. The Morgan fingerprint density at radius 1 is 1.39 bits per heavy atom. The van der Waals surface area contributed by atoms with E-state index in [1.165, 1.54) is 0 Å². The second-order valence-electron chi connectivity index (χ2n) is 6.30. The number of piperidine rings is 1. The van der Waals surface area contributed by atoms with Gasteiger partial charge in [-0.25, -0.2) is 9.18 Å². The Hall–Kier alpha value is -0.840. The van der Waals surface area contributed by atoms with Crippen molar-refractivity contribution in [2.45, 2.75) is 58.0 Å². The maximum absolute atomic E-state index is 14.2. The molecule has 0 saturated carbocycles. The molecule has 2 aliphatic rings. The Morgan fingerprint density at radius 3 is 2.67 bits per heavy atom. The van der Waals surface area contributed by atoms with E-state index in [1.54, 1.807) is 4.90 Å². The fraction of sp³-hybridized carbons (Fsp3) is 0.923. The minimum Gasteiger partial charge on any atom is -0.444 e. The Morgan fingerprint density at radius 2 is 2.06 bits per heavy atom. The SMILES string of the molecule is C[C@H]1CC2COCC([C@H]1F)N2C(=O)OC(C)(C)C. The van der Waals surface area contributed by atoms with Crippen LogP contribution in [0, 0.1) is 5.92 Å². The molecule has 0 aromatic rings. The number of ether oxygens (including phenoxy) is 2. The van der Waals surface area contributed by atoms with Gasteiger partial charge in [-0.3, -0.25) is 4.90 Å². The first-order valence-corrected chi connectivity index (χ1v) is 6.52. The summed E-state index contributed by atoms with van der Waals surface area (Å²) in [6.07, 6.45) is -0.818. The smallest absolute Gasteiger partial charge is 0.411 e. The molecular formula is C13H22FNO3. The second kappa shape index (κ2) is 4.68. The molecule has 2 aliphatic heterocycles. The van der Waals surface area contributed by atoms with Gasteiger partial charge in [-0.15, -0.1) is 0 Å². The van der Waals surface area contributed by atoms with E-state index in [0.717, 1.165) is 0 Å². The highest BCUT2D eigenvalue weighted by Gasteiger charge is 2.47. The van der Waals surface area contributed by atoms with Crippen LogP contribution in [0.4, 0.5) is 9.18 Å². The van der Waals surface area contributed by atoms with E-state index in [1.807, 2.05) is 27.7 Å². The molecule has 5 heteroatoms. The Kier molecular flexibility index (Phi) is 3.54. The molecule has 0 aliphatic carbocycles. The summed E-state index contributed by atoms with van der Waals surface area (Å²) >= 11 is 0. The molecule has 2 unspecified atom stereocenters. The zero-order valence-corrected chi connectivity index (χ0v) is 11.5. The number of nitrogens with zero attached hydrogens (tertiary/aromatic N) is 1. The van der Waals surface area contributed by atoms with Gasteiger partial charge in [0.25, 0.3) is 0 Å². The van der Waals surface area contributed by atoms with Crippen molar-refractivity contribution in [2.24, 2.45) is 5.92 Å². The number of hydrogen-bond acceptors (Lipinski definition) is 3. The van der Waals surface area contributed by atoms with Crippen LogP contribution >= 0.6 is 0 Å². The molecule has 104 valence electrons. The third-order valence-corrected chi connectivity index (χ3v) is 3.51. The first-order chi connectivity index (χ1) is 8.29. The van der Waals surface area contributed by atoms with Crippen molar-refractivity contribution < 1.29 is 18.7 Å². The molecule has 2 bridgehead atoms. The standard InChI is InChI=1S/C13H22FNO3/c1-8-5-9-6-17-7-10(11(8)14)15(9)12(16)18-13(2,3)4/h8-11H,5-7H2,1-4H3/t8-,9?,10?,11-/m0/s1. The summed E-state index contributed by atoms with van der Waals surface area (Å²) in [5.41, 5.74) is -0.554. The van der Waals surface area contributed by atoms with Crippen molar-refractivity contribution >= 4 is 6.09 Å². The number of alkyl halides is 1. The van der Waals surface area contributed by atoms with E-state index < -0.39 is 23.9 Å². The first-order valence-electron chi connectivity index (χ1n) is 6.52. The Labute approximate surface area is 107 Å². The van der Waals surface area contributed by atoms with E-state index in [2.05, 4.69) is 0 Å². The van der Waals surface area contributed by atoms with Gasteiger partial charge >= 0.3 is 6.09 Å². The monoisotopic (exact) mass is 259 g/mol. The van der Waals surface area contributed by atoms with Crippen LogP contribution in [-0.2, 0) is 9.47 Å². The van der Waals surface area contributed by atoms with Crippen molar-refractivity contribution in [1.29, 1.82) is 0 Å². The van der Waals surface area contributed by atoms with Crippen molar-refractivity contribution in [3.63, 3.8) is 0 Å². The van der Waals surface area contributed by atoms with Crippen molar-refractivity contribution in [3.05, 3.63) is 0 Å². The second-order valence-corrected chi connectivity index (χ2v) is 6.30. The minimum absolute atomic E-state index is 0.0254. The van der Waals surface area contributed by atoms with Gasteiger partial charge in [0.15, 0.2) is 0 Å². The number of halogens is 1. The third kappa shape index (κ3) is 2.60. The normalized spacial score (nSPS) is 36.4. The van der Waals surface area contributed by atoms with Gasteiger partial charge in [-0.05, 0) is 33.1 Å². The van der Waals surface area contributed by atoms with Gasteiger partial charge in [0.2, 0.25) is 0 Å². The molecule has 2 rings (SSSR count). The van der Waals surface area contributed by atoms with E-state index >= 15 is 0 Å². The van der Waals surface area contributed by atoms with Gasteiger partial charge < -0.3 is 9.47 Å². The largest absolute Gasteiger partial charge is 0.444 e.